The minimum absolute atomic E-state index is 0.721. The third kappa shape index (κ3) is 4.44. The number of hydrogen-bond donors (Lipinski definition) is 1. The van der Waals surface area contributed by atoms with Crippen LogP contribution in [0.3, 0.4) is 0 Å². The average molecular weight is 361 g/mol. The lowest BCUT2D eigenvalue weighted by atomic mass is 9.96. The molecule has 2 aliphatic carbocycles. The summed E-state index contributed by atoms with van der Waals surface area (Å²) >= 11 is 0. The van der Waals surface area contributed by atoms with Gasteiger partial charge in [-0.25, -0.2) is 0 Å². The quantitative estimate of drug-likeness (QED) is 0.754. The van der Waals surface area contributed by atoms with Gasteiger partial charge in [0.2, 0.25) is 0 Å². The normalized spacial score (nSPS) is 26.2. The van der Waals surface area contributed by atoms with Crippen LogP contribution in [0, 0.1) is 5.92 Å². The Morgan fingerprint density at radius 1 is 0.815 bits per heavy atom. The van der Waals surface area contributed by atoms with Crippen LogP contribution in [0.25, 0.3) is 0 Å². The number of nitrogens with one attached hydrogen (secondary N) is 1. The molecule has 2 atom stereocenters. The fourth-order valence-corrected chi connectivity index (χ4v) is 4.73. The minimum atomic E-state index is 0.721. The molecule has 142 valence electrons. The van der Waals surface area contributed by atoms with Crippen molar-refractivity contribution in [1.29, 1.82) is 0 Å². The number of piperidine rings is 1. The maximum absolute atomic E-state index is 3.87. The van der Waals surface area contributed by atoms with Crippen LogP contribution in [0.15, 0.2) is 54.6 Å². The predicted molar refractivity (Wildman–Crippen MR) is 112 cm³/mol. The molecule has 2 heteroatoms. The molecule has 0 bridgehead atoms. The van der Waals surface area contributed by atoms with E-state index in [1.807, 2.05) is 0 Å². The molecule has 0 amide bonds. The summed E-state index contributed by atoms with van der Waals surface area (Å²) in [6.45, 7) is 4.82. The number of nitrogens with zero attached hydrogens (tertiary/aromatic N) is 1. The lowest BCUT2D eigenvalue weighted by Gasteiger charge is -2.32. The van der Waals surface area contributed by atoms with Gasteiger partial charge in [0.05, 0.1) is 0 Å². The molecule has 3 aliphatic rings. The first-order valence-electron chi connectivity index (χ1n) is 10.9. The fourth-order valence-electron chi connectivity index (χ4n) is 4.73. The van der Waals surface area contributed by atoms with Gasteiger partial charge in [-0.2, -0.15) is 0 Å². The van der Waals surface area contributed by atoms with Gasteiger partial charge in [0, 0.05) is 18.5 Å². The monoisotopic (exact) mass is 360 g/mol. The van der Waals surface area contributed by atoms with Crippen molar-refractivity contribution in [1.82, 2.24) is 10.2 Å². The zero-order valence-electron chi connectivity index (χ0n) is 16.3. The molecule has 2 aromatic carbocycles. The van der Waals surface area contributed by atoms with Crippen LogP contribution in [0.2, 0.25) is 0 Å². The third-order valence-electron chi connectivity index (χ3n) is 6.83. The largest absolute Gasteiger partial charge is 0.313 e. The van der Waals surface area contributed by atoms with Gasteiger partial charge < -0.3 is 5.32 Å². The molecule has 1 aliphatic heterocycles. The molecule has 1 heterocycles. The first-order valence-corrected chi connectivity index (χ1v) is 10.9. The van der Waals surface area contributed by atoms with Crippen LogP contribution in [0.5, 0.6) is 0 Å². The van der Waals surface area contributed by atoms with E-state index >= 15 is 0 Å². The fraction of sp³-hybridized carbons (Fsp3) is 0.520. The van der Waals surface area contributed by atoms with Crippen molar-refractivity contribution >= 4 is 0 Å². The minimum Gasteiger partial charge on any atom is -0.313 e. The second-order valence-corrected chi connectivity index (χ2v) is 9.00. The topological polar surface area (TPSA) is 15.3 Å². The van der Waals surface area contributed by atoms with Crippen LogP contribution < -0.4 is 5.32 Å². The highest BCUT2D eigenvalue weighted by Gasteiger charge is 2.38. The van der Waals surface area contributed by atoms with Gasteiger partial charge in [-0.3, -0.25) is 4.90 Å². The summed E-state index contributed by atoms with van der Waals surface area (Å²) in [6.07, 6.45) is 6.81. The van der Waals surface area contributed by atoms with Gasteiger partial charge in [-0.1, -0.05) is 54.6 Å². The molecule has 3 fully saturated rings. The Morgan fingerprint density at radius 2 is 1.52 bits per heavy atom. The Kier molecular flexibility index (Phi) is 5.02. The summed E-state index contributed by atoms with van der Waals surface area (Å²) in [5, 5.41) is 3.87. The van der Waals surface area contributed by atoms with E-state index in [4.69, 9.17) is 0 Å². The van der Waals surface area contributed by atoms with E-state index in [2.05, 4.69) is 64.8 Å². The molecule has 5 rings (SSSR count). The second kappa shape index (κ2) is 7.77. The van der Waals surface area contributed by atoms with E-state index in [1.54, 1.807) is 11.1 Å². The Bertz CT molecular complexity index is 727. The van der Waals surface area contributed by atoms with Gasteiger partial charge >= 0.3 is 0 Å². The van der Waals surface area contributed by atoms with Crippen LogP contribution >= 0.6 is 0 Å². The van der Waals surface area contributed by atoms with E-state index in [1.165, 1.54) is 57.3 Å². The van der Waals surface area contributed by atoms with Crippen molar-refractivity contribution in [3.05, 3.63) is 71.3 Å². The van der Waals surface area contributed by atoms with Gasteiger partial charge in [-0.05, 0) is 80.3 Å². The van der Waals surface area contributed by atoms with E-state index in [-0.39, 0.29) is 0 Å². The molecule has 0 radical (unpaired) electrons. The van der Waals surface area contributed by atoms with Crippen molar-refractivity contribution < 1.29 is 0 Å². The maximum atomic E-state index is 3.87. The number of rotatable bonds is 7. The van der Waals surface area contributed by atoms with Gasteiger partial charge in [-0.15, -0.1) is 0 Å². The zero-order valence-corrected chi connectivity index (χ0v) is 16.3. The van der Waals surface area contributed by atoms with E-state index in [0.29, 0.717) is 0 Å². The molecule has 2 aromatic rings. The summed E-state index contributed by atoms with van der Waals surface area (Å²) in [6, 6.07) is 21.2. The molecule has 1 saturated heterocycles. The zero-order chi connectivity index (χ0) is 18.1. The summed E-state index contributed by atoms with van der Waals surface area (Å²) in [5.74, 6) is 2.49. The standard InChI is InChI=1S/C25H32N2/c1-2-4-20(5-3-1)18-27-14-12-19(13-15-27)17-26-25-16-24(25)23-10-8-22(9-11-23)21-6-7-21/h1-5,8-11,19,21,24-26H,6-7,12-18H2. The van der Waals surface area contributed by atoms with Crippen LogP contribution in [-0.2, 0) is 6.54 Å². The molecule has 2 unspecified atom stereocenters. The molecule has 1 N–H and O–H groups in total. The smallest absolute Gasteiger partial charge is 0.0233 e. The molecule has 0 spiro atoms. The summed E-state index contributed by atoms with van der Waals surface area (Å²) in [7, 11) is 0. The highest BCUT2D eigenvalue weighted by molar-refractivity contribution is 5.33. The highest BCUT2D eigenvalue weighted by Crippen LogP contribution is 2.43. The molecule has 27 heavy (non-hydrogen) atoms. The number of hydrogen-bond acceptors (Lipinski definition) is 2. The Morgan fingerprint density at radius 3 is 2.22 bits per heavy atom. The Balaban J connectivity index is 1.03. The Labute approximate surface area is 164 Å². The summed E-state index contributed by atoms with van der Waals surface area (Å²) in [4.78, 5) is 2.62. The predicted octanol–water partition coefficient (Wildman–Crippen LogP) is 4.92. The number of likely N-dealkylation sites (tertiary alicyclic amines) is 1. The lowest BCUT2D eigenvalue weighted by Crippen LogP contribution is -2.37. The van der Waals surface area contributed by atoms with Crippen molar-refractivity contribution in [3.8, 4) is 0 Å². The first-order chi connectivity index (χ1) is 13.3. The van der Waals surface area contributed by atoms with Crippen molar-refractivity contribution in [2.24, 2.45) is 5.92 Å². The van der Waals surface area contributed by atoms with Crippen molar-refractivity contribution in [3.63, 3.8) is 0 Å². The Hall–Kier alpha value is -1.64. The molecule has 2 saturated carbocycles. The van der Waals surface area contributed by atoms with Crippen molar-refractivity contribution in [2.75, 3.05) is 19.6 Å². The van der Waals surface area contributed by atoms with Crippen molar-refractivity contribution in [2.45, 2.75) is 56.5 Å². The van der Waals surface area contributed by atoms with Gasteiger partial charge in [0.1, 0.15) is 0 Å². The second-order valence-electron chi connectivity index (χ2n) is 9.00. The summed E-state index contributed by atoms with van der Waals surface area (Å²) < 4.78 is 0. The van der Waals surface area contributed by atoms with E-state index in [0.717, 1.165) is 30.3 Å². The average Bonchev–Trinajstić information content (AvgIpc) is 3.63. The van der Waals surface area contributed by atoms with Gasteiger partial charge in [0.25, 0.3) is 0 Å². The lowest BCUT2D eigenvalue weighted by molar-refractivity contribution is 0.175. The van der Waals surface area contributed by atoms with Gasteiger partial charge in [0.15, 0.2) is 0 Å². The molecular formula is C25H32N2. The third-order valence-corrected chi connectivity index (χ3v) is 6.83. The van der Waals surface area contributed by atoms with E-state index in [9.17, 15) is 0 Å². The summed E-state index contributed by atoms with van der Waals surface area (Å²) in [5.41, 5.74) is 4.56. The number of benzene rings is 2. The molecule has 2 nitrogen and oxygen atoms in total. The molecule has 0 aromatic heterocycles. The van der Waals surface area contributed by atoms with Crippen LogP contribution in [0.4, 0.5) is 0 Å². The van der Waals surface area contributed by atoms with Crippen LogP contribution in [-0.4, -0.2) is 30.6 Å². The maximum Gasteiger partial charge on any atom is 0.0233 e. The SMILES string of the molecule is c1ccc(CN2CCC(CNC3CC3c3ccc(C4CC4)cc3)CC2)cc1. The van der Waals surface area contributed by atoms with Crippen LogP contribution in [0.1, 0.15) is 60.6 Å². The molecular weight excluding hydrogens is 328 g/mol. The van der Waals surface area contributed by atoms with E-state index < -0.39 is 0 Å². The highest BCUT2D eigenvalue weighted by atomic mass is 15.1. The first kappa shape index (κ1) is 17.5.